The Bertz CT molecular complexity index is 1350. The third-order valence-corrected chi connectivity index (χ3v) is 7.40. The molecule has 1 amide bonds. The number of hydrogen-bond donors (Lipinski definition) is 3. The Kier molecular flexibility index (Phi) is 9.16. The number of hydrogen-bond acceptors (Lipinski definition) is 8. The van der Waals surface area contributed by atoms with Crippen molar-refractivity contribution in [2.75, 3.05) is 44.9 Å². The molecule has 3 aliphatic heterocycles. The lowest BCUT2D eigenvalue weighted by molar-refractivity contribution is -0.167. The minimum absolute atomic E-state index is 0.225. The molecule has 228 valence electrons. The fourth-order valence-electron chi connectivity index (χ4n) is 5.37. The van der Waals surface area contributed by atoms with Crippen LogP contribution in [0.3, 0.4) is 0 Å². The lowest BCUT2D eigenvalue weighted by Gasteiger charge is -2.33. The van der Waals surface area contributed by atoms with Gasteiger partial charge in [0.05, 0.1) is 24.2 Å². The third kappa shape index (κ3) is 6.94. The zero-order chi connectivity index (χ0) is 29.9. The fourth-order valence-corrected chi connectivity index (χ4v) is 5.37. The van der Waals surface area contributed by atoms with Crippen molar-refractivity contribution in [3.05, 3.63) is 42.2 Å². The molecule has 2 unspecified atom stereocenters. The highest BCUT2D eigenvalue weighted by atomic mass is 19.4. The second kappa shape index (κ2) is 12.8. The first-order valence-electron chi connectivity index (χ1n) is 13.5. The summed E-state index contributed by atoms with van der Waals surface area (Å²) in [5.74, 6) is 0.0250. The number of aromatic amines is 1. The summed E-state index contributed by atoms with van der Waals surface area (Å²) in [6.45, 7) is 1.09. The Morgan fingerprint density at radius 1 is 1.14 bits per heavy atom. The number of benzene rings is 1. The van der Waals surface area contributed by atoms with E-state index in [9.17, 15) is 27.5 Å². The van der Waals surface area contributed by atoms with Crippen LogP contribution in [0.1, 0.15) is 12.8 Å². The van der Waals surface area contributed by atoms with Gasteiger partial charge in [0.15, 0.2) is 17.8 Å². The van der Waals surface area contributed by atoms with Crippen LogP contribution in [0.15, 0.2) is 36.4 Å². The second-order valence-corrected chi connectivity index (χ2v) is 10.3. The van der Waals surface area contributed by atoms with Crippen LogP contribution in [0.25, 0.3) is 22.3 Å². The summed E-state index contributed by atoms with van der Waals surface area (Å²) >= 11 is 0. The van der Waals surface area contributed by atoms with Crippen LogP contribution in [0.4, 0.5) is 23.2 Å². The number of ether oxygens (including phenoxy) is 4. The van der Waals surface area contributed by atoms with Gasteiger partial charge in [-0.15, -0.1) is 0 Å². The molecule has 0 spiro atoms. The Morgan fingerprint density at radius 2 is 1.86 bits per heavy atom. The summed E-state index contributed by atoms with van der Waals surface area (Å²) < 4.78 is 68.8. The predicted octanol–water partition coefficient (Wildman–Crippen LogP) is 3.18. The number of aliphatic hydroxyl groups is 1. The van der Waals surface area contributed by atoms with Crippen molar-refractivity contribution in [1.82, 2.24) is 15.3 Å². The molecule has 10 nitrogen and oxygen atoms in total. The Labute approximate surface area is 238 Å². The maximum atomic E-state index is 15.0. The van der Waals surface area contributed by atoms with E-state index >= 15 is 0 Å². The summed E-state index contributed by atoms with van der Waals surface area (Å²) in [7, 11) is 1.01. The number of amides is 1. The summed E-state index contributed by atoms with van der Waals surface area (Å²) in [6.07, 6.45) is -3.33. The van der Waals surface area contributed by atoms with E-state index in [2.05, 4.69) is 24.9 Å². The smallest absolute Gasteiger partial charge is 0.411 e. The SMILES string of the molecule is COCC(F)(F)F.O=CNC1CCN(c2ccc(-c3nc4cc(OC5CO[C@@H]6C(O)CO[C@H]56)[nH]c4cc3F)cc2)CC1. The van der Waals surface area contributed by atoms with E-state index in [1.807, 2.05) is 24.3 Å². The predicted molar refractivity (Wildman–Crippen MR) is 144 cm³/mol. The molecular weight excluding hydrogens is 564 g/mol. The van der Waals surface area contributed by atoms with Gasteiger partial charge in [-0.1, -0.05) is 12.1 Å². The number of nitrogens with one attached hydrogen (secondary N) is 2. The second-order valence-electron chi connectivity index (χ2n) is 10.3. The van der Waals surface area contributed by atoms with Crippen molar-refractivity contribution < 1.29 is 46.4 Å². The molecule has 5 heterocycles. The van der Waals surface area contributed by atoms with Gasteiger partial charge in [-0.05, 0) is 25.0 Å². The molecule has 3 aliphatic rings. The van der Waals surface area contributed by atoms with Crippen LogP contribution in [-0.2, 0) is 19.0 Å². The Hall–Kier alpha value is -3.46. The molecule has 42 heavy (non-hydrogen) atoms. The molecule has 2 aromatic heterocycles. The van der Waals surface area contributed by atoms with Crippen LogP contribution >= 0.6 is 0 Å². The number of methoxy groups -OCH3 is 1. The molecule has 0 bridgehead atoms. The van der Waals surface area contributed by atoms with Gasteiger partial charge in [0.2, 0.25) is 6.41 Å². The van der Waals surface area contributed by atoms with Gasteiger partial charge in [0, 0.05) is 49.6 Å². The molecule has 3 saturated heterocycles. The van der Waals surface area contributed by atoms with Crippen molar-refractivity contribution >= 4 is 23.1 Å². The van der Waals surface area contributed by atoms with Gasteiger partial charge >= 0.3 is 6.18 Å². The number of pyridine rings is 1. The van der Waals surface area contributed by atoms with Crippen LogP contribution in [0.2, 0.25) is 0 Å². The van der Waals surface area contributed by atoms with Crippen LogP contribution in [0, 0.1) is 5.82 Å². The normalized spacial score (nSPS) is 24.3. The zero-order valence-electron chi connectivity index (χ0n) is 22.8. The molecule has 0 saturated carbocycles. The van der Waals surface area contributed by atoms with Crippen molar-refractivity contribution in [3.8, 4) is 17.1 Å². The molecule has 3 fully saturated rings. The van der Waals surface area contributed by atoms with Crippen molar-refractivity contribution in [2.24, 2.45) is 0 Å². The quantitative estimate of drug-likeness (QED) is 0.281. The number of aliphatic hydroxyl groups excluding tert-OH is 1. The number of nitrogens with zero attached hydrogens (tertiary/aromatic N) is 2. The van der Waals surface area contributed by atoms with Crippen molar-refractivity contribution in [1.29, 1.82) is 0 Å². The van der Waals surface area contributed by atoms with E-state index < -0.39 is 24.7 Å². The first kappa shape index (κ1) is 30.0. The Balaban J connectivity index is 0.000000451. The number of fused-ring (bicyclic) bond motifs is 2. The van der Waals surface area contributed by atoms with E-state index in [0.717, 1.165) is 45.1 Å². The van der Waals surface area contributed by atoms with Crippen LogP contribution < -0.4 is 15.0 Å². The van der Waals surface area contributed by atoms with Gasteiger partial charge in [-0.25, -0.2) is 9.37 Å². The molecule has 14 heteroatoms. The van der Waals surface area contributed by atoms with Crippen LogP contribution in [0.5, 0.6) is 5.88 Å². The maximum Gasteiger partial charge on any atom is 0.411 e. The molecule has 3 N–H and O–H groups in total. The highest BCUT2D eigenvalue weighted by molar-refractivity contribution is 5.81. The molecule has 0 aliphatic carbocycles. The molecule has 6 rings (SSSR count). The van der Waals surface area contributed by atoms with E-state index in [1.54, 1.807) is 6.07 Å². The van der Waals surface area contributed by atoms with Gasteiger partial charge in [-0.3, -0.25) is 4.79 Å². The average Bonchev–Trinajstić information content (AvgIpc) is 3.65. The number of H-pyrrole nitrogens is 1. The van der Waals surface area contributed by atoms with E-state index in [4.69, 9.17) is 14.2 Å². The Morgan fingerprint density at radius 3 is 2.50 bits per heavy atom. The minimum atomic E-state index is -4.17. The molecule has 1 aromatic carbocycles. The molecule has 0 radical (unpaired) electrons. The number of piperidine rings is 1. The van der Waals surface area contributed by atoms with E-state index in [-0.39, 0.29) is 36.7 Å². The number of rotatable bonds is 7. The fraction of sp³-hybridized carbons (Fsp3) is 0.500. The van der Waals surface area contributed by atoms with Gasteiger partial charge in [0.25, 0.3) is 0 Å². The molecular formula is C28H32F4N4O6. The first-order valence-corrected chi connectivity index (χ1v) is 13.5. The van der Waals surface area contributed by atoms with Gasteiger partial charge < -0.3 is 39.3 Å². The highest BCUT2D eigenvalue weighted by Gasteiger charge is 2.48. The molecule has 4 atom stereocenters. The first-order chi connectivity index (χ1) is 20.1. The monoisotopic (exact) mass is 596 g/mol. The summed E-state index contributed by atoms with van der Waals surface area (Å²) in [6, 6.07) is 11.1. The van der Waals surface area contributed by atoms with E-state index in [0.29, 0.717) is 29.1 Å². The summed E-state index contributed by atoms with van der Waals surface area (Å²) in [5, 5.41) is 12.8. The van der Waals surface area contributed by atoms with Crippen molar-refractivity contribution in [3.63, 3.8) is 0 Å². The standard InChI is InChI=1S/C25H27FN4O5.C3H5F3O/c26-17-9-18-19(10-22(28-18)35-21-12-34-24-20(32)11-33-25(21)24)29-23(17)14-1-3-16(4-2-14)30-7-5-15(6-8-30)27-13-31;1-7-2-3(4,5)6/h1-4,9-10,13,15,20-21,24-25,28,32H,5-8,11-12H2,(H,27,31);2H2,1H3/t20?,21?,24-,25-;/m1./s1. The number of halogens is 4. The summed E-state index contributed by atoms with van der Waals surface area (Å²) in [5.41, 5.74) is 3.15. The summed E-state index contributed by atoms with van der Waals surface area (Å²) in [4.78, 5) is 20.5. The number of aromatic nitrogens is 2. The minimum Gasteiger partial charge on any atom is -0.470 e. The lowest BCUT2D eigenvalue weighted by atomic mass is 10.0. The van der Waals surface area contributed by atoms with Gasteiger partial charge in [-0.2, -0.15) is 13.2 Å². The van der Waals surface area contributed by atoms with E-state index in [1.165, 1.54) is 6.07 Å². The highest BCUT2D eigenvalue weighted by Crippen LogP contribution is 2.32. The molecule has 3 aromatic rings. The average molecular weight is 597 g/mol. The largest absolute Gasteiger partial charge is 0.470 e. The van der Waals surface area contributed by atoms with Crippen LogP contribution in [-0.4, -0.2) is 98.1 Å². The maximum absolute atomic E-state index is 15.0. The number of carbonyl (C=O) groups excluding carboxylic acids is 1. The lowest BCUT2D eigenvalue weighted by Crippen LogP contribution is -2.42. The number of anilines is 1. The van der Waals surface area contributed by atoms with Gasteiger partial charge in [0.1, 0.15) is 30.6 Å². The third-order valence-electron chi connectivity index (χ3n) is 7.40. The topological polar surface area (TPSA) is 118 Å². The number of alkyl halides is 3. The number of carbonyl (C=O) groups is 1. The zero-order valence-corrected chi connectivity index (χ0v) is 22.8. The van der Waals surface area contributed by atoms with Crippen molar-refractivity contribution in [2.45, 2.75) is 49.5 Å².